The minimum atomic E-state index is -0.711. The molecule has 2 atom stereocenters. The Morgan fingerprint density at radius 1 is 1.16 bits per heavy atom. The second kappa shape index (κ2) is 7.00. The van der Waals surface area contributed by atoms with Gasteiger partial charge in [-0.15, -0.1) is 11.8 Å². The first-order valence-electron chi connectivity index (χ1n) is 7.81. The number of aromatic amines is 1. The summed E-state index contributed by atoms with van der Waals surface area (Å²) < 4.78 is 0. The predicted octanol–water partition coefficient (Wildman–Crippen LogP) is 4.18. The SMILES string of the molecule is OC(C1=C(c2ncn[nH]2)SC(c2ccncc2)C1)c1ccc(Cl)cc1. The van der Waals surface area contributed by atoms with E-state index in [2.05, 4.69) is 20.2 Å². The molecule has 5 nitrogen and oxygen atoms in total. The van der Waals surface area contributed by atoms with Crippen LogP contribution in [0, 0.1) is 0 Å². The van der Waals surface area contributed by atoms with Crippen molar-refractivity contribution in [3.05, 3.63) is 82.7 Å². The van der Waals surface area contributed by atoms with Gasteiger partial charge in [-0.2, -0.15) is 5.10 Å². The van der Waals surface area contributed by atoms with E-state index in [1.165, 1.54) is 11.9 Å². The fraction of sp³-hybridized carbons (Fsp3) is 0.167. The number of benzene rings is 1. The molecule has 0 spiro atoms. The van der Waals surface area contributed by atoms with Gasteiger partial charge in [0.25, 0.3) is 0 Å². The van der Waals surface area contributed by atoms with Crippen molar-refractivity contribution in [1.29, 1.82) is 0 Å². The summed E-state index contributed by atoms with van der Waals surface area (Å²) in [6.07, 6.45) is 5.08. The van der Waals surface area contributed by atoms with Gasteiger partial charge in [-0.1, -0.05) is 23.7 Å². The van der Waals surface area contributed by atoms with Crippen molar-refractivity contribution in [2.45, 2.75) is 17.8 Å². The minimum Gasteiger partial charge on any atom is -0.384 e. The van der Waals surface area contributed by atoms with Crippen LogP contribution in [-0.2, 0) is 0 Å². The lowest BCUT2D eigenvalue weighted by Crippen LogP contribution is -2.03. The van der Waals surface area contributed by atoms with E-state index in [1.807, 2.05) is 24.3 Å². The molecule has 3 heterocycles. The first-order chi connectivity index (χ1) is 12.2. The quantitative estimate of drug-likeness (QED) is 0.720. The Hall–Kier alpha value is -2.15. The first kappa shape index (κ1) is 16.3. The Morgan fingerprint density at radius 2 is 1.92 bits per heavy atom. The Kier molecular flexibility index (Phi) is 4.57. The van der Waals surface area contributed by atoms with Gasteiger partial charge < -0.3 is 5.11 Å². The highest BCUT2D eigenvalue weighted by Gasteiger charge is 2.32. The zero-order valence-corrected chi connectivity index (χ0v) is 14.7. The third-order valence-electron chi connectivity index (χ3n) is 4.18. The second-order valence-corrected chi connectivity index (χ2v) is 7.38. The number of aliphatic hydroxyl groups excluding tert-OH is 1. The van der Waals surface area contributed by atoms with Crippen LogP contribution in [0.25, 0.3) is 4.91 Å². The summed E-state index contributed by atoms with van der Waals surface area (Å²) in [6.45, 7) is 0. The summed E-state index contributed by atoms with van der Waals surface area (Å²) in [5, 5.41) is 18.7. The summed E-state index contributed by atoms with van der Waals surface area (Å²) in [5.74, 6) is 0.685. The molecule has 0 amide bonds. The highest BCUT2D eigenvalue weighted by molar-refractivity contribution is 8.08. The number of halogens is 1. The molecule has 2 unspecified atom stereocenters. The van der Waals surface area contributed by atoms with Crippen molar-refractivity contribution in [3.63, 3.8) is 0 Å². The lowest BCUT2D eigenvalue weighted by molar-refractivity contribution is 0.212. The summed E-state index contributed by atoms with van der Waals surface area (Å²) >= 11 is 7.65. The van der Waals surface area contributed by atoms with Crippen LogP contribution in [0.2, 0.25) is 5.02 Å². The average molecular weight is 371 g/mol. The maximum Gasteiger partial charge on any atom is 0.161 e. The van der Waals surface area contributed by atoms with Gasteiger partial charge in [-0.25, -0.2) is 4.98 Å². The molecule has 1 aromatic carbocycles. The normalized spacial score (nSPS) is 18.6. The third-order valence-corrected chi connectivity index (χ3v) is 5.85. The first-order valence-corrected chi connectivity index (χ1v) is 9.07. The number of H-pyrrole nitrogens is 1. The van der Waals surface area contributed by atoms with E-state index in [9.17, 15) is 5.11 Å². The van der Waals surface area contributed by atoms with E-state index < -0.39 is 6.10 Å². The van der Waals surface area contributed by atoms with Crippen LogP contribution in [0.5, 0.6) is 0 Å². The zero-order valence-electron chi connectivity index (χ0n) is 13.1. The van der Waals surface area contributed by atoms with E-state index in [4.69, 9.17) is 11.6 Å². The standard InChI is InChI=1S/C18H15ClN4OS/c19-13-3-1-12(2-4-13)16(24)14-9-15(11-5-7-20-8-6-11)25-17(14)18-21-10-22-23-18/h1-8,10,15-16,24H,9H2,(H,21,22,23). The third kappa shape index (κ3) is 3.33. The van der Waals surface area contributed by atoms with Crippen molar-refractivity contribution in [3.8, 4) is 0 Å². The number of thioether (sulfide) groups is 1. The lowest BCUT2D eigenvalue weighted by Gasteiger charge is -2.15. The average Bonchev–Trinajstić information content (AvgIpc) is 3.32. The molecule has 0 bridgehead atoms. The molecule has 2 N–H and O–H groups in total. The number of nitrogens with zero attached hydrogens (tertiary/aromatic N) is 3. The van der Waals surface area contributed by atoms with E-state index in [1.54, 1.807) is 36.3 Å². The van der Waals surface area contributed by atoms with Crippen LogP contribution in [0.3, 0.4) is 0 Å². The lowest BCUT2D eigenvalue weighted by atomic mass is 9.95. The molecule has 0 aliphatic carbocycles. The molecule has 1 aliphatic rings. The molecule has 3 aromatic rings. The molecule has 0 saturated carbocycles. The molecule has 0 saturated heterocycles. The highest BCUT2D eigenvalue weighted by Crippen LogP contribution is 2.54. The van der Waals surface area contributed by atoms with Crippen LogP contribution in [0.1, 0.15) is 34.7 Å². The van der Waals surface area contributed by atoms with Gasteiger partial charge in [0.15, 0.2) is 5.82 Å². The van der Waals surface area contributed by atoms with Crippen LogP contribution in [0.4, 0.5) is 0 Å². The summed E-state index contributed by atoms with van der Waals surface area (Å²) in [4.78, 5) is 9.31. The maximum absolute atomic E-state index is 11.0. The number of aliphatic hydroxyl groups is 1. The Labute approximate surface area is 154 Å². The van der Waals surface area contributed by atoms with Crippen LogP contribution < -0.4 is 0 Å². The smallest absolute Gasteiger partial charge is 0.161 e. The van der Waals surface area contributed by atoms with Crippen molar-refractivity contribution in [2.75, 3.05) is 0 Å². The van der Waals surface area contributed by atoms with Crippen LogP contribution in [-0.4, -0.2) is 25.3 Å². The van der Waals surface area contributed by atoms with Gasteiger partial charge in [-0.3, -0.25) is 10.1 Å². The summed E-state index contributed by atoms with van der Waals surface area (Å²) in [5.41, 5.74) is 2.92. The molecule has 0 radical (unpaired) electrons. The van der Waals surface area contributed by atoms with E-state index in [0.29, 0.717) is 10.8 Å². The fourth-order valence-electron chi connectivity index (χ4n) is 2.92. The van der Waals surface area contributed by atoms with Gasteiger partial charge in [0.2, 0.25) is 0 Å². The Bertz CT molecular complexity index is 881. The fourth-order valence-corrected chi connectivity index (χ4v) is 4.44. The molecule has 25 heavy (non-hydrogen) atoms. The molecule has 1 aliphatic heterocycles. The van der Waals surface area contributed by atoms with Crippen LogP contribution in [0.15, 0.2) is 60.7 Å². The molecule has 126 valence electrons. The molecular weight excluding hydrogens is 356 g/mol. The second-order valence-electron chi connectivity index (χ2n) is 5.73. The number of pyridine rings is 1. The number of rotatable bonds is 4. The monoisotopic (exact) mass is 370 g/mol. The molecule has 4 rings (SSSR count). The van der Waals surface area contributed by atoms with Crippen LogP contribution >= 0.6 is 23.4 Å². The van der Waals surface area contributed by atoms with Gasteiger partial charge in [0, 0.05) is 22.7 Å². The van der Waals surface area contributed by atoms with Gasteiger partial charge in [-0.05, 0) is 47.4 Å². The van der Waals surface area contributed by atoms with Crippen molar-refractivity contribution in [2.24, 2.45) is 0 Å². The largest absolute Gasteiger partial charge is 0.384 e. The molecule has 2 aromatic heterocycles. The van der Waals surface area contributed by atoms with Gasteiger partial charge >= 0.3 is 0 Å². The van der Waals surface area contributed by atoms with Crippen molar-refractivity contribution < 1.29 is 5.11 Å². The predicted molar refractivity (Wildman–Crippen MR) is 98.9 cm³/mol. The molecule has 7 heteroatoms. The highest BCUT2D eigenvalue weighted by atomic mass is 35.5. The Morgan fingerprint density at radius 3 is 2.60 bits per heavy atom. The maximum atomic E-state index is 11.0. The molecule has 0 fully saturated rings. The topological polar surface area (TPSA) is 74.7 Å². The van der Waals surface area contributed by atoms with Gasteiger partial charge in [0.1, 0.15) is 12.4 Å². The number of aromatic nitrogens is 4. The van der Waals surface area contributed by atoms with Crippen molar-refractivity contribution >= 4 is 28.3 Å². The van der Waals surface area contributed by atoms with Crippen molar-refractivity contribution in [1.82, 2.24) is 20.2 Å². The molecular formula is C18H15ClN4OS. The number of hydrogen-bond donors (Lipinski definition) is 2. The van der Waals surface area contributed by atoms with E-state index in [-0.39, 0.29) is 5.25 Å². The Balaban J connectivity index is 1.70. The number of nitrogens with one attached hydrogen (secondary N) is 1. The summed E-state index contributed by atoms with van der Waals surface area (Å²) in [6, 6.07) is 11.3. The summed E-state index contributed by atoms with van der Waals surface area (Å²) in [7, 11) is 0. The van der Waals surface area contributed by atoms with Gasteiger partial charge in [0.05, 0.1) is 4.91 Å². The minimum absolute atomic E-state index is 0.208. The van der Waals surface area contributed by atoms with E-state index in [0.717, 1.165) is 22.5 Å². The number of hydrogen-bond acceptors (Lipinski definition) is 5. The zero-order chi connectivity index (χ0) is 17.2. The van der Waals surface area contributed by atoms with E-state index >= 15 is 0 Å².